The van der Waals surface area contributed by atoms with E-state index in [1.54, 1.807) is 49.6 Å². The molecule has 35 heavy (non-hydrogen) atoms. The van der Waals surface area contributed by atoms with Gasteiger partial charge in [-0.2, -0.15) is 0 Å². The Morgan fingerprint density at radius 1 is 1.00 bits per heavy atom. The Morgan fingerprint density at radius 2 is 1.77 bits per heavy atom. The molecule has 0 bridgehead atoms. The van der Waals surface area contributed by atoms with Crippen LogP contribution in [0.1, 0.15) is 18.1 Å². The van der Waals surface area contributed by atoms with Crippen molar-refractivity contribution in [2.75, 3.05) is 18.6 Å². The monoisotopic (exact) mass is 545 g/mol. The Morgan fingerprint density at radius 3 is 2.46 bits per heavy atom. The fourth-order valence-corrected chi connectivity index (χ4v) is 5.13. The number of thiocarbonyl (C=S) groups is 1. The van der Waals surface area contributed by atoms with E-state index in [0.717, 1.165) is 11.1 Å². The lowest BCUT2D eigenvalue weighted by molar-refractivity contribution is -0.113. The van der Waals surface area contributed by atoms with Crippen molar-refractivity contribution in [1.82, 2.24) is 0 Å². The molecule has 3 aromatic carbocycles. The smallest absolute Gasteiger partial charge is 0.270 e. The number of hydrogen-bond donors (Lipinski definition) is 0. The van der Waals surface area contributed by atoms with Crippen LogP contribution in [-0.2, 0) is 11.4 Å². The topological polar surface area (TPSA) is 48.0 Å². The van der Waals surface area contributed by atoms with E-state index < -0.39 is 0 Å². The van der Waals surface area contributed by atoms with Crippen LogP contribution in [0.4, 0.5) is 5.69 Å². The Hall–Kier alpha value is -2.71. The molecule has 4 rings (SSSR count). The quantitative estimate of drug-likeness (QED) is 0.217. The van der Waals surface area contributed by atoms with E-state index in [0.29, 0.717) is 48.8 Å². The zero-order chi connectivity index (χ0) is 24.9. The van der Waals surface area contributed by atoms with E-state index >= 15 is 0 Å². The number of benzene rings is 3. The zero-order valence-corrected chi connectivity index (χ0v) is 22.1. The fourth-order valence-electron chi connectivity index (χ4n) is 3.37. The van der Waals surface area contributed by atoms with E-state index in [4.69, 9.17) is 49.6 Å². The molecule has 0 aliphatic carbocycles. The summed E-state index contributed by atoms with van der Waals surface area (Å²) in [7, 11) is 1.59. The minimum atomic E-state index is -0.180. The molecular weight excluding hydrogens is 525 g/mol. The van der Waals surface area contributed by atoms with Crippen molar-refractivity contribution < 1.29 is 19.0 Å². The number of anilines is 1. The van der Waals surface area contributed by atoms with E-state index in [2.05, 4.69) is 0 Å². The molecule has 0 aromatic heterocycles. The highest BCUT2D eigenvalue weighted by Gasteiger charge is 2.33. The van der Waals surface area contributed by atoms with Crippen LogP contribution in [0, 0.1) is 0 Å². The van der Waals surface area contributed by atoms with Crippen molar-refractivity contribution >= 4 is 69.2 Å². The van der Waals surface area contributed by atoms with Gasteiger partial charge in [-0.25, -0.2) is 0 Å². The molecule has 180 valence electrons. The Balaban J connectivity index is 1.54. The normalized spacial score (nSPS) is 14.5. The highest BCUT2D eigenvalue weighted by Crippen LogP contribution is 2.38. The maximum absolute atomic E-state index is 13.1. The first-order valence-corrected chi connectivity index (χ1v) is 12.6. The van der Waals surface area contributed by atoms with Gasteiger partial charge in [-0.3, -0.25) is 9.69 Å². The van der Waals surface area contributed by atoms with Gasteiger partial charge in [0, 0.05) is 15.6 Å². The molecule has 3 aromatic rings. The Labute approximate surface area is 223 Å². The van der Waals surface area contributed by atoms with Crippen molar-refractivity contribution in [1.29, 1.82) is 0 Å². The molecule has 1 heterocycles. The summed E-state index contributed by atoms with van der Waals surface area (Å²) < 4.78 is 17.4. The SMILES string of the molecule is CCOc1cc(/C=C2/SC(=S)N(c3ccc(OC)cc3)C2=O)ccc1OCc1ccc(Cl)cc1Cl. The van der Waals surface area contributed by atoms with E-state index in [1.807, 2.05) is 31.2 Å². The van der Waals surface area contributed by atoms with Gasteiger partial charge in [0.15, 0.2) is 15.8 Å². The van der Waals surface area contributed by atoms with Crippen LogP contribution in [0.2, 0.25) is 10.0 Å². The molecule has 0 unspecified atom stereocenters. The van der Waals surface area contributed by atoms with Crippen molar-refractivity contribution in [3.05, 3.63) is 86.7 Å². The molecule has 1 fully saturated rings. The molecular formula is C26H21Cl2NO4S2. The number of carbonyl (C=O) groups excluding carboxylic acids is 1. The summed E-state index contributed by atoms with van der Waals surface area (Å²) in [5.41, 5.74) is 2.29. The minimum Gasteiger partial charge on any atom is -0.497 e. The summed E-state index contributed by atoms with van der Waals surface area (Å²) in [6.45, 7) is 2.61. The summed E-state index contributed by atoms with van der Waals surface area (Å²) >= 11 is 19.0. The summed E-state index contributed by atoms with van der Waals surface area (Å²) in [6.07, 6.45) is 1.80. The Bertz CT molecular complexity index is 1300. The largest absolute Gasteiger partial charge is 0.497 e. The van der Waals surface area contributed by atoms with Gasteiger partial charge in [-0.1, -0.05) is 59.3 Å². The van der Waals surface area contributed by atoms with Gasteiger partial charge in [-0.05, 0) is 67.1 Å². The van der Waals surface area contributed by atoms with Crippen molar-refractivity contribution in [2.45, 2.75) is 13.5 Å². The lowest BCUT2D eigenvalue weighted by Crippen LogP contribution is -2.27. The number of amides is 1. The molecule has 0 spiro atoms. The van der Waals surface area contributed by atoms with Crippen molar-refractivity contribution in [3.63, 3.8) is 0 Å². The number of ether oxygens (including phenoxy) is 3. The maximum Gasteiger partial charge on any atom is 0.270 e. The van der Waals surface area contributed by atoms with Crippen LogP contribution < -0.4 is 19.1 Å². The predicted octanol–water partition coefficient (Wildman–Crippen LogP) is 7.39. The molecule has 1 saturated heterocycles. The van der Waals surface area contributed by atoms with Crippen molar-refractivity contribution in [2.24, 2.45) is 0 Å². The number of nitrogens with zero attached hydrogens (tertiary/aromatic N) is 1. The van der Waals surface area contributed by atoms with Crippen molar-refractivity contribution in [3.8, 4) is 17.2 Å². The molecule has 1 aliphatic heterocycles. The number of halogens is 2. The third-order valence-electron chi connectivity index (χ3n) is 5.09. The van der Waals surface area contributed by atoms with Gasteiger partial charge in [0.1, 0.15) is 12.4 Å². The van der Waals surface area contributed by atoms with Crippen LogP contribution in [0.15, 0.2) is 65.6 Å². The highest BCUT2D eigenvalue weighted by molar-refractivity contribution is 8.27. The molecule has 0 atom stereocenters. The van der Waals surface area contributed by atoms with E-state index in [-0.39, 0.29) is 12.5 Å². The van der Waals surface area contributed by atoms with Crippen LogP contribution >= 0.6 is 47.2 Å². The average Bonchev–Trinajstić information content (AvgIpc) is 3.12. The second kappa shape index (κ2) is 11.4. The molecule has 1 amide bonds. The van der Waals surface area contributed by atoms with E-state index in [9.17, 15) is 4.79 Å². The van der Waals surface area contributed by atoms with Gasteiger partial charge in [0.05, 0.1) is 24.3 Å². The first kappa shape index (κ1) is 25.4. The van der Waals surface area contributed by atoms with Crippen LogP contribution in [-0.4, -0.2) is 23.9 Å². The van der Waals surface area contributed by atoms with Gasteiger partial charge in [0.2, 0.25) is 0 Å². The van der Waals surface area contributed by atoms with Crippen LogP contribution in [0.5, 0.6) is 17.2 Å². The van der Waals surface area contributed by atoms with Gasteiger partial charge >= 0.3 is 0 Å². The summed E-state index contributed by atoms with van der Waals surface area (Å²) in [6, 6.07) is 18.0. The molecule has 5 nitrogen and oxygen atoms in total. The third-order valence-corrected chi connectivity index (χ3v) is 6.98. The highest BCUT2D eigenvalue weighted by atomic mass is 35.5. The molecule has 1 aliphatic rings. The number of rotatable bonds is 8. The second-order valence-corrected chi connectivity index (χ2v) is 9.90. The average molecular weight is 546 g/mol. The second-order valence-electron chi connectivity index (χ2n) is 7.38. The number of methoxy groups -OCH3 is 1. The zero-order valence-electron chi connectivity index (χ0n) is 18.9. The molecule has 0 N–H and O–H groups in total. The maximum atomic E-state index is 13.1. The lowest BCUT2D eigenvalue weighted by atomic mass is 10.1. The molecule has 0 radical (unpaired) electrons. The summed E-state index contributed by atoms with van der Waals surface area (Å²) in [5, 5.41) is 1.10. The lowest BCUT2D eigenvalue weighted by Gasteiger charge is -2.15. The first-order chi connectivity index (χ1) is 16.9. The van der Waals surface area contributed by atoms with E-state index in [1.165, 1.54) is 16.7 Å². The first-order valence-electron chi connectivity index (χ1n) is 10.6. The molecule has 0 saturated carbocycles. The predicted molar refractivity (Wildman–Crippen MR) is 147 cm³/mol. The van der Waals surface area contributed by atoms with Gasteiger partial charge in [-0.15, -0.1) is 0 Å². The number of carbonyl (C=O) groups is 1. The summed E-state index contributed by atoms with van der Waals surface area (Å²) in [5.74, 6) is 1.66. The fraction of sp³-hybridized carbons (Fsp3) is 0.154. The van der Waals surface area contributed by atoms with Gasteiger partial charge in [0.25, 0.3) is 5.91 Å². The van der Waals surface area contributed by atoms with Gasteiger partial charge < -0.3 is 14.2 Å². The standard InChI is InChI=1S/C26H21Cl2NO4S2/c1-3-32-23-12-16(4-11-22(23)33-15-17-5-6-18(27)14-21(17)28)13-24-25(30)29(26(34)35-24)19-7-9-20(31-2)10-8-19/h4-14H,3,15H2,1-2H3/b24-13+. The van der Waals surface area contributed by atoms with Crippen LogP contribution in [0.25, 0.3) is 6.08 Å². The summed E-state index contributed by atoms with van der Waals surface area (Å²) in [4.78, 5) is 15.1. The Kier molecular flexibility index (Phi) is 8.23. The number of hydrogen-bond acceptors (Lipinski definition) is 6. The van der Waals surface area contributed by atoms with Crippen LogP contribution in [0.3, 0.4) is 0 Å². The number of thioether (sulfide) groups is 1. The molecule has 9 heteroatoms. The third kappa shape index (κ3) is 5.93. The minimum absolute atomic E-state index is 0.180.